The van der Waals surface area contributed by atoms with Gasteiger partial charge in [0.15, 0.2) is 0 Å². The minimum absolute atomic E-state index is 0.416. The van der Waals surface area contributed by atoms with Crippen LogP contribution < -0.4 is 11.1 Å². The lowest BCUT2D eigenvalue weighted by atomic mass is 10.1. The van der Waals surface area contributed by atoms with E-state index in [2.05, 4.69) is 17.2 Å². The largest absolute Gasteiger partial charge is 0.367 e. The van der Waals surface area contributed by atoms with Crippen molar-refractivity contribution in [3.8, 4) is 0 Å². The van der Waals surface area contributed by atoms with Crippen molar-refractivity contribution < 1.29 is 4.79 Å². The van der Waals surface area contributed by atoms with Gasteiger partial charge in [-0.05, 0) is 24.5 Å². The number of aromatic nitrogens is 1. The second-order valence-corrected chi connectivity index (χ2v) is 4.90. The van der Waals surface area contributed by atoms with Crippen LogP contribution in [0.5, 0.6) is 0 Å². The Balaban J connectivity index is 2.08. The van der Waals surface area contributed by atoms with Crippen molar-refractivity contribution >= 4 is 22.6 Å². The van der Waals surface area contributed by atoms with E-state index in [0.717, 1.165) is 23.1 Å². The lowest BCUT2D eigenvalue weighted by Crippen LogP contribution is -2.13. The molecule has 1 aliphatic carbocycles. The van der Waals surface area contributed by atoms with Gasteiger partial charge in [-0.15, -0.1) is 0 Å². The minimum atomic E-state index is -0.416. The first kappa shape index (κ1) is 11.0. The molecule has 92 valence electrons. The van der Waals surface area contributed by atoms with E-state index in [9.17, 15) is 4.79 Å². The molecule has 4 nitrogen and oxygen atoms in total. The molecule has 2 aromatic rings. The number of nitrogens with zero attached hydrogens (tertiary/aromatic N) is 1. The number of amides is 1. The normalized spacial score (nSPS) is 21.8. The number of para-hydroxylation sites is 1. The van der Waals surface area contributed by atoms with Crippen molar-refractivity contribution in [3.05, 3.63) is 35.9 Å². The maximum atomic E-state index is 11.5. The molecule has 1 heterocycles. The summed E-state index contributed by atoms with van der Waals surface area (Å²) >= 11 is 0. The summed E-state index contributed by atoms with van der Waals surface area (Å²) in [6, 6.07) is 9.76. The van der Waals surface area contributed by atoms with E-state index in [0.29, 0.717) is 17.5 Å². The molecular formula is C14H15N3O. The number of rotatable bonds is 3. The van der Waals surface area contributed by atoms with Gasteiger partial charge in [-0.2, -0.15) is 0 Å². The predicted octanol–water partition coefficient (Wildman–Crippen LogP) is 2.15. The summed E-state index contributed by atoms with van der Waals surface area (Å²) in [4.78, 5) is 16.0. The van der Waals surface area contributed by atoms with Crippen molar-refractivity contribution in [3.63, 3.8) is 0 Å². The number of nitrogens with one attached hydrogen (secondary N) is 1. The first-order valence-electron chi connectivity index (χ1n) is 6.11. The van der Waals surface area contributed by atoms with E-state index in [-0.39, 0.29) is 0 Å². The topological polar surface area (TPSA) is 68.0 Å². The monoisotopic (exact) mass is 241 g/mol. The van der Waals surface area contributed by atoms with Gasteiger partial charge < -0.3 is 11.1 Å². The predicted molar refractivity (Wildman–Crippen MR) is 71.5 cm³/mol. The van der Waals surface area contributed by atoms with Gasteiger partial charge in [0.2, 0.25) is 5.91 Å². The fourth-order valence-corrected chi connectivity index (χ4v) is 2.17. The molecular weight excluding hydrogens is 226 g/mol. The molecule has 1 aliphatic rings. The summed E-state index contributed by atoms with van der Waals surface area (Å²) in [5.74, 6) is 0.993. The van der Waals surface area contributed by atoms with Crippen molar-refractivity contribution in [1.82, 2.24) is 4.98 Å². The van der Waals surface area contributed by atoms with Crippen LogP contribution in [-0.2, 0) is 0 Å². The van der Waals surface area contributed by atoms with E-state index in [4.69, 9.17) is 5.73 Å². The Hall–Kier alpha value is -2.10. The summed E-state index contributed by atoms with van der Waals surface area (Å²) in [6.45, 7) is 2.19. The van der Waals surface area contributed by atoms with Crippen molar-refractivity contribution in [1.29, 1.82) is 0 Å². The number of primary amides is 1. The molecule has 2 unspecified atom stereocenters. The zero-order valence-corrected chi connectivity index (χ0v) is 10.2. The fraction of sp³-hybridized carbons (Fsp3) is 0.286. The molecule has 0 bridgehead atoms. The molecule has 0 aliphatic heterocycles. The molecule has 0 saturated heterocycles. The third kappa shape index (κ3) is 1.90. The Bertz CT molecular complexity index is 623. The van der Waals surface area contributed by atoms with Crippen LogP contribution in [0.3, 0.4) is 0 Å². The van der Waals surface area contributed by atoms with Gasteiger partial charge in [0.25, 0.3) is 0 Å². The number of fused-ring (bicyclic) bond motifs is 1. The summed E-state index contributed by atoms with van der Waals surface area (Å²) in [5, 5.41) is 4.14. The zero-order valence-electron chi connectivity index (χ0n) is 10.2. The third-order valence-electron chi connectivity index (χ3n) is 3.42. The van der Waals surface area contributed by atoms with Crippen LogP contribution in [0.15, 0.2) is 30.3 Å². The fourth-order valence-electron chi connectivity index (χ4n) is 2.17. The van der Waals surface area contributed by atoms with E-state index >= 15 is 0 Å². The quantitative estimate of drug-likeness (QED) is 0.865. The minimum Gasteiger partial charge on any atom is -0.367 e. The molecule has 4 heteroatoms. The molecule has 18 heavy (non-hydrogen) atoms. The second kappa shape index (κ2) is 3.98. The number of carbonyl (C=O) groups excluding carboxylic acids is 1. The second-order valence-electron chi connectivity index (χ2n) is 4.90. The summed E-state index contributed by atoms with van der Waals surface area (Å²) in [6.07, 6.45) is 1.15. The number of benzene rings is 1. The van der Waals surface area contributed by atoms with Crippen LogP contribution in [0.2, 0.25) is 0 Å². The lowest BCUT2D eigenvalue weighted by Gasteiger charge is -2.08. The van der Waals surface area contributed by atoms with E-state index in [1.165, 1.54) is 0 Å². The van der Waals surface area contributed by atoms with Gasteiger partial charge in [-0.1, -0.05) is 25.1 Å². The van der Waals surface area contributed by atoms with Gasteiger partial charge in [0.1, 0.15) is 5.82 Å². The van der Waals surface area contributed by atoms with Crippen LogP contribution >= 0.6 is 0 Å². The van der Waals surface area contributed by atoms with E-state index in [1.54, 1.807) is 6.07 Å². The van der Waals surface area contributed by atoms with E-state index in [1.807, 2.05) is 24.3 Å². The molecule has 1 amide bonds. The molecule has 1 aromatic carbocycles. The molecule has 3 rings (SSSR count). The molecule has 2 atom stereocenters. The van der Waals surface area contributed by atoms with Crippen LogP contribution in [0.1, 0.15) is 23.7 Å². The summed E-state index contributed by atoms with van der Waals surface area (Å²) in [5.41, 5.74) is 6.75. The van der Waals surface area contributed by atoms with Crippen LogP contribution in [-0.4, -0.2) is 16.9 Å². The maximum absolute atomic E-state index is 11.5. The highest BCUT2D eigenvalue weighted by Crippen LogP contribution is 2.33. The molecule has 1 fully saturated rings. The van der Waals surface area contributed by atoms with Gasteiger partial charge in [0.05, 0.1) is 11.1 Å². The Kier molecular flexibility index (Phi) is 2.44. The average molecular weight is 241 g/mol. The SMILES string of the molecule is CC1CC1Nc1cc(C(N)=O)c2ccccc2n1. The number of hydrogen-bond donors (Lipinski definition) is 2. The molecule has 1 saturated carbocycles. The average Bonchev–Trinajstić information content (AvgIpc) is 3.03. The highest BCUT2D eigenvalue weighted by molar-refractivity contribution is 6.06. The molecule has 0 radical (unpaired) electrons. The summed E-state index contributed by atoms with van der Waals surface area (Å²) in [7, 11) is 0. The van der Waals surface area contributed by atoms with Crippen molar-refractivity contribution in [2.75, 3.05) is 5.32 Å². The van der Waals surface area contributed by atoms with Gasteiger partial charge in [-0.3, -0.25) is 4.79 Å². The molecule has 1 aromatic heterocycles. The lowest BCUT2D eigenvalue weighted by molar-refractivity contribution is 0.100. The van der Waals surface area contributed by atoms with E-state index < -0.39 is 5.91 Å². The van der Waals surface area contributed by atoms with Crippen molar-refractivity contribution in [2.24, 2.45) is 11.7 Å². The third-order valence-corrected chi connectivity index (χ3v) is 3.42. The van der Waals surface area contributed by atoms with Crippen molar-refractivity contribution in [2.45, 2.75) is 19.4 Å². The zero-order chi connectivity index (χ0) is 12.7. The first-order chi connectivity index (χ1) is 8.65. The number of hydrogen-bond acceptors (Lipinski definition) is 3. The number of pyridine rings is 1. The highest BCUT2D eigenvalue weighted by Gasteiger charge is 2.32. The van der Waals surface area contributed by atoms with Gasteiger partial charge in [0, 0.05) is 11.4 Å². The maximum Gasteiger partial charge on any atom is 0.249 e. The molecule has 3 N–H and O–H groups in total. The standard InChI is InChI=1S/C14H15N3O/c1-8-6-12(8)17-13-7-10(14(15)18)9-4-2-3-5-11(9)16-13/h2-5,7-8,12H,6H2,1H3,(H2,15,18)(H,16,17). The smallest absolute Gasteiger partial charge is 0.249 e. The van der Waals surface area contributed by atoms with Crippen LogP contribution in [0.25, 0.3) is 10.9 Å². The highest BCUT2D eigenvalue weighted by atomic mass is 16.1. The number of nitrogens with two attached hydrogens (primary N) is 1. The van der Waals surface area contributed by atoms with Gasteiger partial charge in [-0.25, -0.2) is 4.98 Å². The van der Waals surface area contributed by atoms with Gasteiger partial charge >= 0.3 is 0 Å². The first-order valence-corrected chi connectivity index (χ1v) is 6.11. The Morgan fingerprint density at radius 3 is 2.83 bits per heavy atom. The van der Waals surface area contributed by atoms with Crippen LogP contribution in [0.4, 0.5) is 5.82 Å². The Morgan fingerprint density at radius 2 is 2.17 bits per heavy atom. The number of carbonyl (C=O) groups is 1. The molecule has 0 spiro atoms. The summed E-state index contributed by atoms with van der Waals surface area (Å²) < 4.78 is 0. The Morgan fingerprint density at radius 1 is 1.44 bits per heavy atom. The Labute approximate surface area is 105 Å². The van der Waals surface area contributed by atoms with Crippen LogP contribution in [0, 0.1) is 5.92 Å². The number of anilines is 1.